The number of rotatable bonds is 4. The minimum absolute atomic E-state index is 0.0906. The third-order valence-corrected chi connectivity index (χ3v) is 5.91. The molecule has 0 spiro atoms. The third kappa shape index (κ3) is 3.26. The fourth-order valence-electron chi connectivity index (χ4n) is 4.60. The van der Waals surface area contributed by atoms with Crippen LogP contribution in [0.3, 0.4) is 0 Å². The van der Waals surface area contributed by atoms with Gasteiger partial charge in [-0.3, -0.25) is 9.69 Å². The zero-order valence-corrected chi connectivity index (χ0v) is 16.0. The van der Waals surface area contributed by atoms with Crippen molar-refractivity contribution >= 4 is 16.8 Å². The molecule has 0 aliphatic carbocycles. The Labute approximate surface area is 155 Å². The second-order valence-electron chi connectivity index (χ2n) is 7.93. The smallest absolute Gasteiger partial charge is 0.224 e. The number of aromatic amines is 1. The summed E-state index contributed by atoms with van der Waals surface area (Å²) < 4.78 is 5.68. The summed E-state index contributed by atoms with van der Waals surface area (Å²) in [6.07, 6.45) is 2.92. The van der Waals surface area contributed by atoms with E-state index in [1.54, 1.807) is 0 Å². The number of hydrogen-bond acceptors (Lipinski definition) is 3. The molecule has 0 radical (unpaired) electrons. The van der Waals surface area contributed by atoms with E-state index in [0.29, 0.717) is 19.1 Å². The molecule has 140 valence electrons. The molecule has 2 N–H and O–H groups in total. The molecular weight excluding hydrogens is 326 g/mol. The number of hydrogen-bond donors (Lipinski definition) is 2. The summed E-state index contributed by atoms with van der Waals surface area (Å²) in [6.45, 7) is 9.89. The first-order valence-corrected chi connectivity index (χ1v) is 9.72. The molecule has 2 fully saturated rings. The van der Waals surface area contributed by atoms with E-state index in [1.807, 2.05) is 0 Å². The minimum Gasteiger partial charge on any atom is -0.378 e. The molecule has 2 aliphatic rings. The van der Waals surface area contributed by atoms with Crippen LogP contribution in [0.2, 0.25) is 0 Å². The molecule has 5 nitrogen and oxygen atoms in total. The van der Waals surface area contributed by atoms with Gasteiger partial charge in [0, 0.05) is 16.6 Å². The topological polar surface area (TPSA) is 57.4 Å². The molecular formula is C21H29N3O2. The lowest BCUT2D eigenvalue weighted by Gasteiger charge is -2.27. The SMILES string of the molecule is Cc1cc(C)c2[nH]c(C)c(CC(=O)N[C@@H]3COC[C@H]3N3CCCC3)c2c1. The van der Waals surface area contributed by atoms with E-state index in [4.69, 9.17) is 4.74 Å². The van der Waals surface area contributed by atoms with E-state index in [9.17, 15) is 4.79 Å². The number of ether oxygens (including phenoxy) is 1. The van der Waals surface area contributed by atoms with Crippen LogP contribution in [0.5, 0.6) is 0 Å². The van der Waals surface area contributed by atoms with Crippen LogP contribution in [0.1, 0.15) is 35.2 Å². The summed E-state index contributed by atoms with van der Waals surface area (Å²) in [7, 11) is 0. The van der Waals surface area contributed by atoms with Crippen LogP contribution in [-0.4, -0.2) is 54.2 Å². The van der Waals surface area contributed by atoms with Crippen molar-refractivity contribution < 1.29 is 9.53 Å². The summed E-state index contributed by atoms with van der Waals surface area (Å²) in [5.41, 5.74) is 5.81. The fourth-order valence-corrected chi connectivity index (χ4v) is 4.60. The molecule has 0 unspecified atom stereocenters. The molecule has 2 atom stereocenters. The molecule has 1 aromatic heterocycles. The van der Waals surface area contributed by atoms with Gasteiger partial charge in [0.15, 0.2) is 0 Å². The lowest BCUT2D eigenvalue weighted by Crippen LogP contribution is -2.50. The molecule has 26 heavy (non-hydrogen) atoms. The zero-order valence-electron chi connectivity index (χ0n) is 16.0. The molecule has 2 saturated heterocycles. The highest BCUT2D eigenvalue weighted by Crippen LogP contribution is 2.27. The number of aromatic nitrogens is 1. The molecule has 2 aromatic rings. The fraction of sp³-hybridized carbons (Fsp3) is 0.571. The number of nitrogens with one attached hydrogen (secondary N) is 2. The van der Waals surface area contributed by atoms with Crippen molar-refractivity contribution in [2.24, 2.45) is 0 Å². The molecule has 5 heteroatoms. The largest absolute Gasteiger partial charge is 0.378 e. The van der Waals surface area contributed by atoms with E-state index in [1.165, 1.54) is 29.4 Å². The monoisotopic (exact) mass is 355 g/mol. The van der Waals surface area contributed by atoms with Crippen LogP contribution >= 0.6 is 0 Å². The number of carbonyl (C=O) groups is 1. The lowest BCUT2D eigenvalue weighted by atomic mass is 10.0. The Bertz CT molecular complexity index is 820. The maximum atomic E-state index is 12.8. The second-order valence-corrected chi connectivity index (χ2v) is 7.93. The Morgan fingerprint density at radius 2 is 2.00 bits per heavy atom. The van der Waals surface area contributed by atoms with Gasteiger partial charge in [-0.05, 0) is 63.9 Å². The Balaban J connectivity index is 1.50. The summed E-state index contributed by atoms with van der Waals surface area (Å²) in [4.78, 5) is 18.7. The van der Waals surface area contributed by atoms with Gasteiger partial charge in [-0.2, -0.15) is 0 Å². The van der Waals surface area contributed by atoms with E-state index in [2.05, 4.69) is 48.1 Å². The highest BCUT2D eigenvalue weighted by Gasteiger charge is 2.35. The molecule has 2 aliphatic heterocycles. The highest BCUT2D eigenvalue weighted by molar-refractivity contribution is 5.92. The normalized spacial score (nSPS) is 23.8. The molecule has 0 saturated carbocycles. The second kappa shape index (κ2) is 7.05. The quantitative estimate of drug-likeness (QED) is 0.886. The van der Waals surface area contributed by atoms with Crippen LogP contribution in [0.4, 0.5) is 0 Å². The van der Waals surface area contributed by atoms with Crippen molar-refractivity contribution in [2.45, 2.75) is 52.1 Å². The van der Waals surface area contributed by atoms with Crippen LogP contribution in [0.15, 0.2) is 12.1 Å². The van der Waals surface area contributed by atoms with Crippen molar-refractivity contribution in [1.29, 1.82) is 0 Å². The Morgan fingerprint density at radius 1 is 1.23 bits per heavy atom. The minimum atomic E-state index is 0.0906. The Morgan fingerprint density at radius 3 is 2.77 bits per heavy atom. The van der Waals surface area contributed by atoms with Crippen LogP contribution in [-0.2, 0) is 16.0 Å². The summed E-state index contributed by atoms with van der Waals surface area (Å²) >= 11 is 0. The van der Waals surface area contributed by atoms with Gasteiger partial charge in [0.25, 0.3) is 0 Å². The number of H-pyrrole nitrogens is 1. The van der Waals surface area contributed by atoms with Crippen molar-refractivity contribution in [3.63, 3.8) is 0 Å². The maximum absolute atomic E-state index is 12.8. The van der Waals surface area contributed by atoms with Gasteiger partial charge in [0.2, 0.25) is 5.91 Å². The Hall–Kier alpha value is -1.85. The van der Waals surface area contributed by atoms with Gasteiger partial charge >= 0.3 is 0 Å². The van der Waals surface area contributed by atoms with Crippen LogP contribution < -0.4 is 5.32 Å². The highest BCUT2D eigenvalue weighted by atomic mass is 16.5. The van der Waals surface area contributed by atoms with Crippen molar-refractivity contribution in [3.8, 4) is 0 Å². The van der Waals surface area contributed by atoms with Gasteiger partial charge in [0.05, 0.1) is 31.7 Å². The number of nitrogens with zero attached hydrogens (tertiary/aromatic N) is 1. The third-order valence-electron chi connectivity index (χ3n) is 5.91. The number of carbonyl (C=O) groups excluding carboxylic acids is 1. The number of amides is 1. The predicted molar refractivity (Wildman–Crippen MR) is 104 cm³/mol. The first-order valence-electron chi connectivity index (χ1n) is 9.72. The zero-order chi connectivity index (χ0) is 18.3. The average Bonchev–Trinajstić information content (AvgIpc) is 3.30. The van der Waals surface area contributed by atoms with E-state index in [0.717, 1.165) is 36.5 Å². The molecule has 1 aromatic carbocycles. The van der Waals surface area contributed by atoms with Crippen molar-refractivity contribution in [3.05, 3.63) is 34.5 Å². The number of fused-ring (bicyclic) bond motifs is 1. The van der Waals surface area contributed by atoms with Gasteiger partial charge < -0.3 is 15.0 Å². The molecule has 3 heterocycles. The molecule has 0 bridgehead atoms. The molecule has 4 rings (SSSR count). The van der Waals surface area contributed by atoms with Crippen molar-refractivity contribution in [2.75, 3.05) is 26.3 Å². The number of aryl methyl sites for hydroxylation is 3. The predicted octanol–water partition coefficient (Wildman–Crippen LogP) is 2.62. The van der Waals surface area contributed by atoms with Gasteiger partial charge in [-0.25, -0.2) is 0 Å². The maximum Gasteiger partial charge on any atom is 0.224 e. The first kappa shape index (κ1) is 17.6. The first-order chi connectivity index (χ1) is 12.5. The standard InChI is InChI=1S/C21H29N3O2/c1-13-8-14(2)21-17(9-13)16(15(3)22-21)10-20(25)23-18-11-26-12-19(18)24-6-4-5-7-24/h8-9,18-19,22H,4-7,10-12H2,1-3H3,(H,23,25)/t18-,19-/m1/s1. The lowest BCUT2D eigenvalue weighted by molar-refractivity contribution is -0.121. The summed E-state index contributed by atoms with van der Waals surface area (Å²) in [5.74, 6) is 0.0906. The summed E-state index contributed by atoms with van der Waals surface area (Å²) in [6, 6.07) is 4.79. The number of likely N-dealkylation sites (tertiary alicyclic amines) is 1. The van der Waals surface area contributed by atoms with Crippen LogP contribution in [0.25, 0.3) is 10.9 Å². The van der Waals surface area contributed by atoms with Crippen molar-refractivity contribution in [1.82, 2.24) is 15.2 Å². The molecule has 1 amide bonds. The van der Waals surface area contributed by atoms with Gasteiger partial charge in [-0.1, -0.05) is 11.6 Å². The Kier molecular flexibility index (Phi) is 4.76. The van der Waals surface area contributed by atoms with Gasteiger partial charge in [-0.15, -0.1) is 0 Å². The van der Waals surface area contributed by atoms with Gasteiger partial charge in [0.1, 0.15) is 0 Å². The summed E-state index contributed by atoms with van der Waals surface area (Å²) in [5, 5.41) is 4.42. The number of benzene rings is 1. The average molecular weight is 355 g/mol. The van der Waals surface area contributed by atoms with Crippen LogP contribution in [0, 0.1) is 20.8 Å². The van der Waals surface area contributed by atoms with E-state index < -0.39 is 0 Å². The van der Waals surface area contributed by atoms with E-state index in [-0.39, 0.29) is 11.9 Å². The van der Waals surface area contributed by atoms with E-state index >= 15 is 0 Å².